The maximum Gasteiger partial charge on any atom is 0.319 e. The molecule has 0 bridgehead atoms. The average molecular weight is 477 g/mol. The molecule has 0 aliphatic heterocycles. The minimum Gasteiger partial charge on any atom is -0.395 e. The smallest absolute Gasteiger partial charge is 0.319 e. The van der Waals surface area contributed by atoms with Crippen LogP contribution in [0.1, 0.15) is 48.0 Å². The van der Waals surface area contributed by atoms with Gasteiger partial charge in [0.05, 0.1) is 6.61 Å². The van der Waals surface area contributed by atoms with Gasteiger partial charge in [-0.05, 0) is 60.2 Å². The van der Waals surface area contributed by atoms with Crippen LogP contribution in [0, 0.1) is 13.8 Å². The molecule has 5 N–H and O–H groups in total. The van der Waals surface area contributed by atoms with Crippen molar-refractivity contribution in [1.29, 1.82) is 0 Å². The van der Waals surface area contributed by atoms with Crippen LogP contribution in [0.3, 0.4) is 0 Å². The lowest BCUT2D eigenvalue weighted by molar-refractivity contribution is 0.102. The number of aromatic nitrogens is 1. The fourth-order valence-electron chi connectivity index (χ4n) is 3.71. The van der Waals surface area contributed by atoms with Crippen LogP contribution in [0.15, 0.2) is 53.3 Å². The zero-order valence-electron chi connectivity index (χ0n) is 20.7. The fourth-order valence-corrected chi connectivity index (χ4v) is 3.71. The van der Waals surface area contributed by atoms with E-state index in [1.165, 1.54) is 0 Å². The molecule has 1 heterocycles. The molecule has 1 aromatic heterocycles. The summed E-state index contributed by atoms with van der Waals surface area (Å²) in [7, 11) is 0. The summed E-state index contributed by atoms with van der Waals surface area (Å²) >= 11 is 0. The van der Waals surface area contributed by atoms with Crippen LogP contribution in [0.5, 0.6) is 0 Å². The number of carbonyl (C=O) groups is 2. The van der Waals surface area contributed by atoms with Gasteiger partial charge in [-0.25, -0.2) is 4.79 Å². The minimum atomic E-state index is -0.588. The van der Waals surface area contributed by atoms with Crippen molar-refractivity contribution in [2.45, 2.75) is 40.0 Å². The van der Waals surface area contributed by atoms with Crippen molar-refractivity contribution in [3.63, 3.8) is 0 Å². The SMILES string of the molecule is Cc1[nH]c(=O)c(NC(=O)NCCO)cc1-c1cccc(NC(=O)c2ccc(C(C)(C)C)cc2)c1C. The van der Waals surface area contributed by atoms with Gasteiger partial charge in [0.2, 0.25) is 0 Å². The molecule has 3 amide bonds. The van der Waals surface area contributed by atoms with Gasteiger partial charge in [0.15, 0.2) is 0 Å². The molecular formula is C27H32N4O4. The third kappa shape index (κ3) is 6.16. The predicted molar refractivity (Wildman–Crippen MR) is 139 cm³/mol. The highest BCUT2D eigenvalue weighted by Gasteiger charge is 2.17. The molecule has 0 aliphatic carbocycles. The number of aliphatic hydroxyl groups is 1. The van der Waals surface area contributed by atoms with Gasteiger partial charge in [-0.3, -0.25) is 9.59 Å². The second-order valence-corrected chi connectivity index (χ2v) is 9.41. The molecule has 2 aromatic carbocycles. The molecule has 0 atom stereocenters. The second kappa shape index (κ2) is 10.6. The Morgan fingerprint density at radius 3 is 2.26 bits per heavy atom. The summed E-state index contributed by atoms with van der Waals surface area (Å²) in [4.78, 5) is 40.0. The molecule has 8 nitrogen and oxygen atoms in total. The van der Waals surface area contributed by atoms with Crippen LogP contribution >= 0.6 is 0 Å². The topological polar surface area (TPSA) is 123 Å². The number of urea groups is 1. The molecule has 0 spiro atoms. The number of H-pyrrole nitrogens is 1. The summed E-state index contributed by atoms with van der Waals surface area (Å²) in [5, 5.41) is 16.8. The van der Waals surface area contributed by atoms with Crippen molar-refractivity contribution in [2.75, 3.05) is 23.8 Å². The fraction of sp³-hybridized carbons (Fsp3) is 0.296. The van der Waals surface area contributed by atoms with Crippen LogP contribution in [0.25, 0.3) is 11.1 Å². The Kier molecular flexibility index (Phi) is 7.76. The highest BCUT2D eigenvalue weighted by molar-refractivity contribution is 6.05. The van der Waals surface area contributed by atoms with E-state index in [0.717, 1.165) is 16.7 Å². The number of aliphatic hydroxyl groups excluding tert-OH is 1. The number of amides is 3. The summed E-state index contributed by atoms with van der Waals surface area (Å²) < 4.78 is 0. The quantitative estimate of drug-likeness (QED) is 0.363. The Bertz CT molecular complexity index is 1290. The molecule has 0 fully saturated rings. The Morgan fingerprint density at radius 1 is 0.943 bits per heavy atom. The van der Waals surface area contributed by atoms with Crippen LogP contribution in [-0.4, -0.2) is 35.2 Å². The maximum absolute atomic E-state index is 12.9. The first kappa shape index (κ1) is 25.7. The number of aryl methyl sites for hydroxylation is 1. The number of nitrogens with one attached hydrogen (secondary N) is 4. The average Bonchev–Trinajstić information content (AvgIpc) is 2.80. The Balaban J connectivity index is 1.89. The highest BCUT2D eigenvalue weighted by Crippen LogP contribution is 2.31. The number of hydrogen-bond donors (Lipinski definition) is 5. The summed E-state index contributed by atoms with van der Waals surface area (Å²) in [6.07, 6.45) is 0. The van der Waals surface area contributed by atoms with Crippen LogP contribution in [-0.2, 0) is 5.41 Å². The van der Waals surface area contributed by atoms with Crippen molar-refractivity contribution in [1.82, 2.24) is 10.3 Å². The van der Waals surface area contributed by atoms with E-state index >= 15 is 0 Å². The molecular weight excluding hydrogens is 444 g/mol. The van der Waals surface area contributed by atoms with Gasteiger partial charge < -0.3 is 26.0 Å². The van der Waals surface area contributed by atoms with E-state index in [0.29, 0.717) is 22.5 Å². The number of aromatic amines is 1. The molecule has 0 saturated heterocycles. The number of rotatable bonds is 6. The zero-order chi connectivity index (χ0) is 25.8. The molecule has 8 heteroatoms. The molecule has 0 saturated carbocycles. The molecule has 3 rings (SSSR count). The van der Waals surface area contributed by atoms with E-state index in [4.69, 9.17) is 5.11 Å². The van der Waals surface area contributed by atoms with Crippen LogP contribution in [0.2, 0.25) is 0 Å². The molecule has 35 heavy (non-hydrogen) atoms. The third-order valence-electron chi connectivity index (χ3n) is 5.77. The van der Waals surface area contributed by atoms with Gasteiger partial charge in [-0.15, -0.1) is 0 Å². The van der Waals surface area contributed by atoms with E-state index in [-0.39, 0.29) is 30.2 Å². The van der Waals surface area contributed by atoms with E-state index < -0.39 is 11.6 Å². The lowest BCUT2D eigenvalue weighted by Gasteiger charge is -2.19. The largest absolute Gasteiger partial charge is 0.395 e. The Labute approximate surface area is 204 Å². The number of anilines is 2. The molecule has 0 radical (unpaired) electrons. The second-order valence-electron chi connectivity index (χ2n) is 9.41. The first-order valence-electron chi connectivity index (χ1n) is 11.4. The van der Waals surface area contributed by atoms with Gasteiger partial charge in [-0.1, -0.05) is 45.0 Å². The Morgan fingerprint density at radius 2 is 1.63 bits per heavy atom. The normalized spacial score (nSPS) is 11.1. The predicted octanol–water partition coefficient (Wildman–Crippen LogP) is 4.32. The van der Waals surface area contributed by atoms with E-state index in [9.17, 15) is 14.4 Å². The van der Waals surface area contributed by atoms with Crippen molar-refractivity contribution >= 4 is 23.3 Å². The summed E-state index contributed by atoms with van der Waals surface area (Å²) in [5.41, 5.74) is 4.95. The van der Waals surface area contributed by atoms with E-state index in [1.807, 2.05) is 49.4 Å². The van der Waals surface area contributed by atoms with Gasteiger partial charge in [-0.2, -0.15) is 0 Å². The zero-order valence-corrected chi connectivity index (χ0v) is 20.7. The third-order valence-corrected chi connectivity index (χ3v) is 5.77. The lowest BCUT2D eigenvalue weighted by atomic mass is 9.86. The standard InChI is InChI=1S/C27H32N4O4/c1-16-20(21-15-23(25(34)29-17(21)2)31-26(35)28-13-14-32)7-6-8-22(16)30-24(33)18-9-11-19(12-10-18)27(3,4)5/h6-12,15,32H,13-14H2,1-5H3,(H,29,34)(H,30,33)(H2,28,31,35). The van der Waals surface area contributed by atoms with Crippen molar-refractivity contribution in [2.24, 2.45) is 0 Å². The monoisotopic (exact) mass is 476 g/mol. The first-order chi connectivity index (χ1) is 16.5. The van der Waals surface area contributed by atoms with E-state index in [1.54, 1.807) is 13.0 Å². The van der Waals surface area contributed by atoms with Gasteiger partial charge in [0.1, 0.15) is 5.69 Å². The lowest BCUT2D eigenvalue weighted by Crippen LogP contribution is -2.33. The molecule has 0 aliphatic rings. The van der Waals surface area contributed by atoms with Gasteiger partial charge in [0.25, 0.3) is 11.5 Å². The van der Waals surface area contributed by atoms with E-state index in [2.05, 4.69) is 41.7 Å². The molecule has 0 unspecified atom stereocenters. The highest BCUT2D eigenvalue weighted by atomic mass is 16.3. The number of carbonyl (C=O) groups excluding carboxylic acids is 2. The number of pyridine rings is 1. The summed E-state index contributed by atoms with van der Waals surface area (Å²) in [6.45, 7) is 9.89. The van der Waals surface area contributed by atoms with Crippen molar-refractivity contribution in [3.05, 3.63) is 81.3 Å². The van der Waals surface area contributed by atoms with Gasteiger partial charge >= 0.3 is 6.03 Å². The van der Waals surface area contributed by atoms with Crippen LogP contribution in [0.4, 0.5) is 16.2 Å². The molecule has 184 valence electrons. The van der Waals surface area contributed by atoms with Gasteiger partial charge in [0, 0.05) is 29.1 Å². The van der Waals surface area contributed by atoms with Crippen molar-refractivity contribution < 1.29 is 14.7 Å². The summed E-state index contributed by atoms with van der Waals surface area (Å²) in [5.74, 6) is -0.216. The Hall–Kier alpha value is -3.91. The number of benzene rings is 2. The first-order valence-corrected chi connectivity index (χ1v) is 11.4. The van der Waals surface area contributed by atoms with Crippen LogP contribution < -0.4 is 21.5 Å². The molecule has 3 aromatic rings. The van der Waals surface area contributed by atoms with Crippen molar-refractivity contribution in [3.8, 4) is 11.1 Å². The number of hydrogen-bond acceptors (Lipinski definition) is 4. The maximum atomic E-state index is 12.9. The summed E-state index contributed by atoms with van der Waals surface area (Å²) in [6, 6.07) is 14.1. The minimum absolute atomic E-state index is 0.00165.